The zero-order valence-corrected chi connectivity index (χ0v) is 9.59. The van der Waals surface area contributed by atoms with Crippen molar-refractivity contribution in [2.45, 2.75) is 0 Å². The van der Waals surface area contributed by atoms with Crippen molar-refractivity contribution < 1.29 is 0 Å². The highest BCUT2D eigenvalue weighted by molar-refractivity contribution is 6.35. The number of pyridine rings is 3. The van der Waals surface area contributed by atoms with Crippen LogP contribution in [0.1, 0.15) is 0 Å². The van der Waals surface area contributed by atoms with Crippen LogP contribution in [0.4, 0.5) is 0 Å². The van der Waals surface area contributed by atoms with Gasteiger partial charge in [0.15, 0.2) is 5.65 Å². The Morgan fingerprint density at radius 2 is 1.76 bits per heavy atom. The summed E-state index contributed by atoms with van der Waals surface area (Å²) in [7, 11) is 0. The van der Waals surface area contributed by atoms with E-state index in [1.54, 1.807) is 12.4 Å². The van der Waals surface area contributed by atoms with Gasteiger partial charge in [0.25, 0.3) is 0 Å². The quantitative estimate of drug-likeness (QED) is 0.656. The second-order valence-electron chi connectivity index (χ2n) is 3.58. The lowest BCUT2D eigenvalue weighted by Crippen LogP contribution is -1.90. The molecule has 3 rings (SSSR count). The number of hydrogen-bond donors (Lipinski definition) is 0. The Balaban J connectivity index is 2.26. The number of aromatic nitrogens is 3. The molecule has 0 atom stereocenters. The highest BCUT2D eigenvalue weighted by atomic mass is 35.5. The van der Waals surface area contributed by atoms with E-state index in [0.29, 0.717) is 10.7 Å². The van der Waals surface area contributed by atoms with Crippen molar-refractivity contribution in [1.82, 2.24) is 15.0 Å². The predicted molar refractivity (Wildman–Crippen MR) is 67.8 cm³/mol. The second-order valence-corrected chi connectivity index (χ2v) is 3.99. The van der Waals surface area contributed by atoms with Crippen molar-refractivity contribution in [3.8, 4) is 11.4 Å². The van der Waals surface area contributed by atoms with E-state index >= 15 is 0 Å². The van der Waals surface area contributed by atoms with Crippen LogP contribution in [0.15, 0.2) is 48.8 Å². The van der Waals surface area contributed by atoms with Crippen molar-refractivity contribution in [3.63, 3.8) is 0 Å². The molecular formula is C13H8ClN3. The van der Waals surface area contributed by atoms with Crippen molar-refractivity contribution in [3.05, 3.63) is 53.8 Å². The van der Waals surface area contributed by atoms with Crippen LogP contribution < -0.4 is 0 Å². The summed E-state index contributed by atoms with van der Waals surface area (Å²) >= 11 is 6.20. The average molecular weight is 242 g/mol. The van der Waals surface area contributed by atoms with Crippen LogP contribution in [-0.4, -0.2) is 15.0 Å². The summed E-state index contributed by atoms with van der Waals surface area (Å²) in [6, 6.07) is 11.2. The number of fused-ring (bicyclic) bond motifs is 1. The highest BCUT2D eigenvalue weighted by Gasteiger charge is 2.06. The van der Waals surface area contributed by atoms with E-state index in [0.717, 1.165) is 16.8 Å². The minimum Gasteiger partial charge on any atom is -0.255 e. The summed E-state index contributed by atoms with van der Waals surface area (Å²) in [5.74, 6) is 0. The fraction of sp³-hybridized carbons (Fsp3) is 0. The van der Waals surface area contributed by atoms with Gasteiger partial charge in [0.2, 0.25) is 0 Å². The number of hydrogen-bond acceptors (Lipinski definition) is 3. The standard InChI is InChI=1S/C13H8ClN3/c14-10-8-12(11-5-1-2-6-15-11)17-13-9(10)4-3-7-16-13/h1-8H. The van der Waals surface area contributed by atoms with Gasteiger partial charge in [0.1, 0.15) is 0 Å². The van der Waals surface area contributed by atoms with Gasteiger partial charge in [-0.1, -0.05) is 17.7 Å². The maximum absolute atomic E-state index is 6.20. The number of nitrogens with zero attached hydrogens (tertiary/aromatic N) is 3. The van der Waals surface area contributed by atoms with Gasteiger partial charge in [-0.3, -0.25) is 4.98 Å². The van der Waals surface area contributed by atoms with E-state index in [-0.39, 0.29) is 0 Å². The minimum atomic E-state index is 0.639. The molecule has 4 heteroatoms. The van der Waals surface area contributed by atoms with Crippen LogP contribution in [0.3, 0.4) is 0 Å². The van der Waals surface area contributed by atoms with E-state index in [2.05, 4.69) is 15.0 Å². The van der Waals surface area contributed by atoms with E-state index in [9.17, 15) is 0 Å². The zero-order valence-electron chi connectivity index (χ0n) is 8.84. The SMILES string of the molecule is Clc1cc(-c2ccccn2)nc2ncccc12. The first-order valence-electron chi connectivity index (χ1n) is 5.17. The van der Waals surface area contributed by atoms with Crippen molar-refractivity contribution in [2.75, 3.05) is 0 Å². The van der Waals surface area contributed by atoms with Crippen LogP contribution in [-0.2, 0) is 0 Å². The van der Waals surface area contributed by atoms with Crippen LogP contribution in [0.2, 0.25) is 5.02 Å². The fourth-order valence-electron chi connectivity index (χ4n) is 1.66. The molecule has 0 aliphatic carbocycles. The monoisotopic (exact) mass is 241 g/mol. The molecule has 0 aromatic carbocycles. The van der Waals surface area contributed by atoms with Crippen molar-refractivity contribution >= 4 is 22.6 Å². The molecule has 0 unspecified atom stereocenters. The summed E-state index contributed by atoms with van der Waals surface area (Å²) in [6.45, 7) is 0. The molecule has 3 aromatic heterocycles. The molecule has 82 valence electrons. The number of halogens is 1. The molecule has 0 spiro atoms. The summed E-state index contributed by atoms with van der Waals surface area (Å²) in [4.78, 5) is 12.9. The van der Waals surface area contributed by atoms with E-state index in [4.69, 9.17) is 11.6 Å². The maximum atomic E-state index is 6.20. The van der Waals surface area contributed by atoms with Crippen molar-refractivity contribution in [2.24, 2.45) is 0 Å². The molecule has 0 fully saturated rings. The van der Waals surface area contributed by atoms with Gasteiger partial charge in [-0.25, -0.2) is 9.97 Å². The Morgan fingerprint density at radius 3 is 2.59 bits per heavy atom. The maximum Gasteiger partial charge on any atom is 0.161 e. The van der Waals surface area contributed by atoms with Crippen molar-refractivity contribution in [1.29, 1.82) is 0 Å². The Morgan fingerprint density at radius 1 is 0.882 bits per heavy atom. The van der Waals surface area contributed by atoms with Crippen LogP contribution >= 0.6 is 11.6 Å². The summed E-state index contributed by atoms with van der Waals surface area (Å²) in [6.07, 6.45) is 3.43. The number of rotatable bonds is 1. The normalized spacial score (nSPS) is 10.6. The average Bonchev–Trinajstić information content (AvgIpc) is 2.40. The Hall–Kier alpha value is -2.00. The third kappa shape index (κ3) is 1.85. The zero-order chi connectivity index (χ0) is 11.7. The lowest BCUT2D eigenvalue weighted by molar-refractivity contribution is 1.24. The molecule has 17 heavy (non-hydrogen) atoms. The molecule has 0 N–H and O–H groups in total. The van der Waals surface area contributed by atoms with Crippen LogP contribution in [0.5, 0.6) is 0 Å². The summed E-state index contributed by atoms with van der Waals surface area (Å²) < 4.78 is 0. The van der Waals surface area contributed by atoms with Gasteiger partial charge < -0.3 is 0 Å². The molecule has 0 radical (unpaired) electrons. The van der Waals surface area contributed by atoms with Crippen LogP contribution in [0.25, 0.3) is 22.4 Å². The van der Waals surface area contributed by atoms with Gasteiger partial charge in [0.05, 0.1) is 16.4 Å². The molecule has 3 heterocycles. The molecule has 0 saturated heterocycles. The largest absolute Gasteiger partial charge is 0.255 e. The molecule has 0 aliphatic rings. The molecule has 0 amide bonds. The first-order valence-corrected chi connectivity index (χ1v) is 5.55. The van der Waals surface area contributed by atoms with Crippen LogP contribution in [0, 0.1) is 0 Å². The molecular weight excluding hydrogens is 234 g/mol. The molecule has 3 nitrogen and oxygen atoms in total. The van der Waals surface area contributed by atoms with Gasteiger partial charge in [-0.05, 0) is 30.3 Å². The third-order valence-corrected chi connectivity index (χ3v) is 2.77. The van der Waals surface area contributed by atoms with E-state index < -0.39 is 0 Å². The highest BCUT2D eigenvalue weighted by Crippen LogP contribution is 2.25. The van der Waals surface area contributed by atoms with Gasteiger partial charge in [-0.2, -0.15) is 0 Å². The summed E-state index contributed by atoms with van der Waals surface area (Å²) in [5, 5.41) is 1.50. The first kappa shape index (κ1) is 10.2. The molecule has 0 saturated carbocycles. The predicted octanol–water partition coefficient (Wildman–Crippen LogP) is 3.35. The first-order chi connectivity index (χ1) is 8.34. The smallest absolute Gasteiger partial charge is 0.161 e. The summed E-state index contributed by atoms with van der Waals surface area (Å²) in [5.41, 5.74) is 2.17. The van der Waals surface area contributed by atoms with Gasteiger partial charge in [0, 0.05) is 17.8 Å². The van der Waals surface area contributed by atoms with Gasteiger partial charge in [-0.15, -0.1) is 0 Å². The van der Waals surface area contributed by atoms with E-state index in [1.165, 1.54) is 0 Å². The Bertz CT molecular complexity index is 668. The lowest BCUT2D eigenvalue weighted by atomic mass is 10.2. The molecule has 0 bridgehead atoms. The Kier molecular flexibility index (Phi) is 2.46. The second kappa shape index (κ2) is 4.11. The fourth-order valence-corrected chi connectivity index (χ4v) is 1.91. The van der Waals surface area contributed by atoms with E-state index in [1.807, 2.05) is 36.4 Å². The Labute approximate surface area is 103 Å². The van der Waals surface area contributed by atoms with Gasteiger partial charge >= 0.3 is 0 Å². The minimum absolute atomic E-state index is 0.639. The lowest BCUT2D eigenvalue weighted by Gasteiger charge is -2.03. The topological polar surface area (TPSA) is 38.7 Å². The molecule has 0 aliphatic heterocycles. The third-order valence-electron chi connectivity index (χ3n) is 2.46. The molecule has 3 aromatic rings.